The molecule has 5 atom stereocenters. The third-order valence-corrected chi connectivity index (χ3v) is 3.81. The van der Waals surface area contributed by atoms with Gasteiger partial charge in [0.05, 0.1) is 0 Å². The summed E-state index contributed by atoms with van der Waals surface area (Å²) in [5, 5.41) is 2.54. The summed E-state index contributed by atoms with van der Waals surface area (Å²) in [5.74, 6) is -1.10. The molecule has 1 fully saturated rings. The molecule has 1 N–H and O–H groups in total. The minimum absolute atomic E-state index is 0.0539. The lowest BCUT2D eigenvalue weighted by atomic mass is 9.96. The molecule has 0 bridgehead atoms. The van der Waals surface area contributed by atoms with Crippen molar-refractivity contribution in [2.45, 2.75) is 71.2 Å². The Morgan fingerprint density at radius 1 is 0.900 bits per heavy atom. The molecule has 0 aromatic heterocycles. The minimum Gasteiger partial charge on any atom is -0.463 e. The molecule has 11 nitrogen and oxygen atoms in total. The number of nitrogens with one attached hydrogen (secondary N) is 1. The van der Waals surface area contributed by atoms with E-state index in [2.05, 4.69) is 11.2 Å². The van der Waals surface area contributed by atoms with Gasteiger partial charge in [-0.3, -0.25) is 24.0 Å². The van der Waals surface area contributed by atoms with Crippen LogP contribution in [0.3, 0.4) is 0 Å². The molecule has 0 aromatic carbocycles. The fourth-order valence-corrected chi connectivity index (χ4v) is 2.76. The maximum atomic E-state index is 12.2. The third-order valence-electron chi connectivity index (χ3n) is 3.81. The number of carbonyl (C=O) groups excluding carboxylic acids is 5. The van der Waals surface area contributed by atoms with Crippen molar-refractivity contribution in [3.63, 3.8) is 0 Å². The number of terminal acetylenes is 1. The van der Waals surface area contributed by atoms with Gasteiger partial charge < -0.3 is 29.0 Å². The topological polar surface area (TPSA) is 144 Å². The van der Waals surface area contributed by atoms with Crippen molar-refractivity contribution in [1.29, 1.82) is 0 Å². The van der Waals surface area contributed by atoms with E-state index in [0.29, 0.717) is 0 Å². The second-order valence-electron chi connectivity index (χ2n) is 6.40. The van der Waals surface area contributed by atoms with Crippen LogP contribution >= 0.6 is 0 Å². The van der Waals surface area contributed by atoms with Gasteiger partial charge in [-0.15, -0.1) is 12.3 Å². The van der Waals surface area contributed by atoms with E-state index < -0.39 is 60.4 Å². The Bertz CT molecular complexity index is 713. The zero-order valence-corrected chi connectivity index (χ0v) is 17.2. The summed E-state index contributed by atoms with van der Waals surface area (Å²) in [6, 6.07) is -1.22. The van der Waals surface area contributed by atoms with E-state index in [1.807, 2.05) is 0 Å². The minimum atomic E-state index is -1.42. The predicted octanol–water partition coefficient (Wildman–Crippen LogP) is -0.401. The van der Waals surface area contributed by atoms with Crippen LogP contribution in [-0.2, 0) is 47.7 Å². The van der Waals surface area contributed by atoms with E-state index in [9.17, 15) is 24.0 Å². The van der Waals surface area contributed by atoms with Gasteiger partial charge in [-0.05, 0) is 0 Å². The van der Waals surface area contributed by atoms with Gasteiger partial charge in [0.15, 0.2) is 12.2 Å². The summed E-state index contributed by atoms with van der Waals surface area (Å²) < 4.78 is 26.2. The Morgan fingerprint density at radius 2 is 1.47 bits per heavy atom. The highest BCUT2D eigenvalue weighted by atomic mass is 16.7. The molecule has 0 saturated carbocycles. The quantitative estimate of drug-likeness (QED) is 0.309. The summed E-state index contributed by atoms with van der Waals surface area (Å²) in [6.45, 7) is 4.11. The Labute approximate surface area is 173 Å². The third kappa shape index (κ3) is 8.08. The van der Waals surface area contributed by atoms with Crippen molar-refractivity contribution < 1.29 is 47.7 Å². The van der Waals surface area contributed by atoms with Crippen LogP contribution in [0.25, 0.3) is 0 Å². The van der Waals surface area contributed by atoms with Gasteiger partial charge in [-0.25, -0.2) is 0 Å². The maximum absolute atomic E-state index is 12.2. The lowest BCUT2D eigenvalue weighted by Crippen LogP contribution is -2.67. The first-order valence-corrected chi connectivity index (χ1v) is 9.08. The van der Waals surface area contributed by atoms with Crippen LogP contribution in [-0.4, -0.2) is 67.0 Å². The molecule has 0 aromatic rings. The molecule has 166 valence electrons. The summed E-state index contributed by atoms with van der Waals surface area (Å²) in [4.78, 5) is 58.4. The van der Waals surface area contributed by atoms with Crippen molar-refractivity contribution in [1.82, 2.24) is 5.32 Å². The molecule has 1 aliphatic rings. The Hall–Kier alpha value is -3.13. The van der Waals surface area contributed by atoms with Gasteiger partial charge in [0.2, 0.25) is 12.2 Å². The first-order valence-electron chi connectivity index (χ1n) is 9.08. The van der Waals surface area contributed by atoms with Crippen molar-refractivity contribution >= 4 is 29.8 Å². The second kappa shape index (κ2) is 11.8. The summed E-state index contributed by atoms with van der Waals surface area (Å²) in [6.07, 6.45) is 0.0964. The number of hydrogen-bond acceptors (Lipinski definition) is 10. The van der Waals surface area contributed by atoms with E-state index in [0.717, 1.165) is 27.7 Å². The number of amides is 1. The number of hydrogen-bond donors (Lipinski definition) is 1. The largest absolute Gasteiger partial charge is 0.463 e. The number of rotatable bonds is 8. The fourth-order valence-electron chi connectivity index (χ4n) is 2.76. The standard InChI is InChI=1S/C19H25NO10/c1-6-7-8-15(25)20-16-18(28-12(4)23)17(27-11(3)22)14(9-26-10(2)21)30-19(16)29-13(5)24/h1,14,16-19H,7-9H2,2-5H3,(H,20,25)/t14-,16-,17+,18-,19-/m1/s1. The van der Waals surface area contributed by atoms with E-state index in [-0.39, 0.29) is 19.4 Å². The van der Waals surface area contributed by atoms with Crippen LogP contribution in [0.5, 0.6) is 0 Å². The van der Waals surface area contributed by atoms with Crippen LogP contribution in [0.1, 0.15) is 40.5 Å². The van der Waals surface area contributed by atoms with Crippen LogP contribution in [0.4, 0.5) is 0 Å². The highest BCUT2D eigenvalue weighted by Gasteiger charge is 2.52. The molecule has 1 amide bonds. The Morgan fingerprint density at radius 3 is 1.97 bits per heavy atom. The highest BCUT2D eigenvalue weighted by molar-refractivity contribution is 5.77. The Balaban J connectivity index is 3.30. The summed E-state index contributed by atoms with van der Waals surface area (Å²) in [7, 11) is 0. The van der Waals surface area contributed by atoms with E-state index in [4.69, 9.17) is 30.1 Å². The highest BCUT2D eigenvalue weighted by Crippen LogP contribution is 2.28. The van der Waals surface area contributed by atoms with Crippen LogP contribution in [0.15, 0.2) is 0 Å². The van der Waals surface area contributed by atoms with Gasteiger partial charge in [0, 0.05) is 40.5 Å². The van der Waals surface area contributed by atoms with Gasteiger partial charge in [-0.2, -0.15) is 0 Å². The molecule has 1 rings (SSSR count). The van der Waals surface area contributed by atoms with E-state index in [1.165, 1.54) is 0 Å². The zero-order chi connectivity index (χ0) is 22.8. The number of ether oxygens (including phenoxy) is 5. The molecule has 1 heterocycles. The molecule has 1 aliphatic heterocycles. The first kappa shape index (κ1) is 24.9. The van der Waals surface area contributed by atoms with Gasteiger partial charge in [-0.1, -0.05) is 0 Å². The van der Waals surface area contributed by atoms with Crippen molar-refractivity contribution in [3.8, 4) is 12.3 Å². The van der Waals surface area contributed by atoms with Crippen molar-refractivity contribution in [2.75, 3.05) is 6.61 Å². The molecule has 0 unspecified atom stereocenters. The van der Waals surface area contributed by atoms with Crippen molar-refractivity contribution in [2.24, 2.45) is 0 Å². The zero-order valence-electron chi connectivity index (χ0n) is 17.2. The average Bonchev–Trinajstić information content (AvgIpc) is 2.62. The lowest BCUT2D eigenvalue weighted by molar-refractivity contribution is -0.271. The van der Waals surface area contributed by atoms with Crippen LogP contribution < -0.4 is 5.32 Å². The molecule has 0 radical (unpaired) electrons. The monoisotopic (exact) mass is 427 g/mol. The molecule has 0 aliphatic carbocycles. The molecule has 1 saturated heterocycles. The average molecular weight is 427 g/mol. The van der Waals surface area contributed by atoms with Crippen LogP contribution in [0, 0.1) is 12.3 Å². The molecule has 11 heteroatoms. The molecular weight excluding hydrogens is 402 g/mol. The Kier molecular flexibility index (Phi) is 9.77. The first-order chi connectivity index (χ1) is 14.0. The van der Waals surface area contributed by atoms with E-state index in [1.54, 1.807) is 0 Å². The lowest BCUT2D eigenvalue weighted by Gasteiger charge is -2.44. The second-order valence-corrected chi connectivity index (χ2v) is 6.40. The van der Waals surface area contributed by atoms with Gasteiger partial charge in [0.25, 0.3) is 0 Å². The molecular formula is C19H25NO10. The number of carbonyl (C=O) groups is 5. The molecule has 0 spiro atoms. The van der Waals surface area contributed by atoms with Crippen molar-refractivity contribution in [3.05, 3.63) is 0 Å². The molecule has 30 heavy (non-hydrogen) atoms. The van der Waals surface area contributed by atoms with Gasteiger partial charge in [0.1, 0.15) is 18.8 Å². The normalized spacial score (nSPS) is 25.2. The van der Waals surface area contributed by atoms with Crippen LogP contribution in [0.2, 0.25) is 0 Å². The number of esters is 4. The summed E-state index contributed by atoms with van der Waals surface area (Å²) in [5.41, 5.74) is 0. The SMILES string of the molecule is C#CCCC(=O)N[C@H]1[C@H](OC(C)=O)O[C@H](COC(C)=O)[C@H](OC(C)=O)[C@@H]1OC(C)=O. The predicted molar refractivity (Wildman–Crippen MR) is 98.2 cm³/mol. The van der Waals surface area contributed by atoms with E-state index >= 15 is 0 Å². The maximum Gasteiger partial charge on any atom is 0.305 e. The smallest absolute Gasteiger partial charge is 0.305 e. The summed E-state index contributed by atoms with van der Waals surface area (Å²) >= 11 is 0. The van der Waals surface area contributed by atoms with Gasteiger partial charge >= 0.3 is 23.9 Å². The fraction of sp³-hybridized carbons (Fsp3) is 0.632.